The third-order valence-corrected chi connectivity index (χ3v) is 8.66. The Morgan fingerprint density at radius 2 is 1.22 bits per heavy atom. The van der Waals surface area contributed by atoms with Crippen molar-refractivity contribution in [3.8, 4) is 23.0 Å². The van der Waals surface area contributed by atoms with Crippen molar-refractivity contribution < 1.29 is 47.6 Å². The number of ether oxygens (including phenoxy) is 6. The number of nitrogens with zero attached hydrogens (tertiary/aromatic N) is 2. The molecule has 4 aromatic carbocycles. The topological polar surface area (TPSA) is 130 Å². The number of esters is 2. The predicted octanol–water partition coefficient (Wildman–Crippen LogP) is 5.13. The van der Waals surface area contributed by atoms with Crippen LogP contribution in [0, 0.1) is 0 Å². The average Bonchev–Trinajstić information content (AvgIpc) is 3.14. The molecule has 0 saturated carbocycles. The molecule has 6 rings (SSSR count). The molecule has 4 aromatic rings. The minimum Gasteiger partial charge on any atom is -0.497 e. The van der Waals surface area contributed by atoms with E-state index in [2.05, 4.69) is 0 Å². The van der Waals surface area contributed by atoms with Crippen molar-refractivity contribution in [3.63, 3.8) is 0 Å². The standard InChI is InChI=1S/C38H36N2O10/c1-22-35(41)39(29-17-25(37(43)47-4)9-14-32(29)49-22)21-24-8-13-31(46-3)27(16-24)19-34-36(42)40(20-23-6-11-28(45-2)12-7-23)30-18-26(38(44)48-5)10-15-33(30)50-34/h6-18,22,34H,19-21H2,1-5H3/t22-,34+/m1/s1. The Kier molecular flexibility index (Phi) is 9.62. The zero-order valence-corrected chi connectivity index (χ0v) is 28.3. The lowest BCUT2D eigenvalue weighted by Gasteiger charge is -2.35. The van der Waals surface area contributed by atoms with Crippen molar-refractivity contribution in [1.82, 2.24) is 0 Å². The Hall–Kier alpha value is -6.04. The van der Waals surface area contributed by atoms with Crippen LogP contribution >= 0.6 is 0 Å². The van der Waals surface area contributed by atoms with E-state index in [1.807, 2.05) is 36.4 Å². The number of amides is 2. The maximum Gasteiger partial charge on any atom is 0.337 e. The van der Waals surface area contributed by atoms with Crippen molar-refractivity contribution >= 4 is 35.1 Å². The van der Waals surface area contributed by atoms with Gasteiger partial charge in [-0.2, -0.15) is 0 Å². The van der Waals surface area contributed by atoms with Gasteiger partial charge in [0, 0.05) is 6.42 Å². The van der Waals surface area contributed by atoms with Crippen LogP contribution in [-0.2, 0) is 38.6 Å². The summed E-state index contributed by atoms with van der Waals surface area (Å²) in [6.07, 6.45) is -1.54. The molecule has 2 heterocycles. The smallest absolute Gasteiger partial charge is 0.337 e. The highest BCUT2D eigenvalue weighted by molar-refractivity contribution is 6.03. The molecule has 0 aromatic heterocycles. The molecule has 0 aliphatic carbocycles. The highest BCUT2D eigenvalue weighted by Crippen LogP contribution is 2.39. The zero-order chi connectivity index (χ0) is 35.5. The number of methoxy groups -OCH3 is 4. The Morgan fingerprint density at radius 3 is 1.80 bits per heavy atom. The second-order valence-corrected chi connectivity index (χ2v) is 11.8. The average molecular weight is 681 g/mol. The van der Waals surface area contributed by atoms with Crippen LogP contribution < -0.4 is 28.7 Å². The zero-order valence-electron chi connectivity index (χ0n) is 28.3. The first-order valence-electron chi connectivity index (χ1n) is 15.8. The quantitative estimate of drug-likeness (QED) is 0.208. The van der Waals surface area contributed by atoms with Gasteiger partial charge in [-0.15, -0.1) is 0 Å². The van der Waals surface area contributed by atoms with E-state index in [-0.39, 0.29) is 42.5 Å². The SMILES string of the molecule is COC(=O)c1ccc2c(c1)N(Cc1ccc(OC)cc1)C(=O)[C@H](Cc1cc(CN3C(=O)[C@@H](C)Oc4ccc(C(=O)OC)cc43)ccc1OC)O2. The molecular formula is C38H36N2O10. The van der Waals surface area contributed by atoms with Crippen molar-refractivity contribution in [1.29, 1.82) is 0 Å². The monoisotopic (exact) mass is 680 g/mol. The van der Waals surface area contributed by atoms with Crippen LogP contribution in [0.3, 0.4) is 0 Å². The summed E-state index contributed by atoms with van der Waals surface area (Å²) < 4.78 is 32.9. The van der Waals surface area contributed by atoms with Gasteiger partial charge in [0.1, 0.15) is 23.0 Å². The Morgan fingerprint density at radius 1 is 0.660 bits per heavy atom. The third kappa shape index (κ3) is 6.64. The molecule has 12 nitrogen and oxygen atoms in total. The van der Waals surface area contributed by atoms with Crippen LogP contribution in [0.4, 0.5) is 11.4 Å². The lowest BCUT2D eigenvalue weighted by Crippen LogP contribution is -2.46. The second kappa shape index (κ2) is 14.2. The van der Waals surface area contributed by atoms with Crippen LogP contribution in [0.1, 0.15) is 44.3 Å². The third-order valence-electron chi connectivity index (χ3n) is 8.66. The fraction of sp³-hybridized carbons (Fsp3) is 0.263. The van der Waals surface area contributed by atoms with Gasteiger partial charge >= 0.3 is 11.9 Å². The number of fused-ring (bicyclic) bond motifs is 2. The number of carbonyl (C=O) groups is 4. The van der Waals surface area contributed by atoms with Gasteiger partial charge in [-0.3, -0.25) is 9.59 Å². The summed E-state index contributed by atoms with van der Waals surface area (Å²) in [7, 11) is 5.71. The molecular weight excluding hydrogens is 644 g/mol. The lowest BCUT2D eigenvalue weighted by atomic mass is 10.00. The van der Waals surface area contributed by atoms with Gasteiger partial charge in [0.15, 0.2) is 12.2 Å². The van der Waals surface area contributed by atoms with Crippen LogP contribution in [-0.4, -0.2) is 64.4 Å². The molecule has 50 heavy (non-hydrogen) atoms. The molecule has 0 saturated heterocycles. The van der Waals surface area contributed by atoms with E-state index in [1.165, 1.54) is 14.2 Å². The van der Waals surface area contributed by atoms with Crippen LogP contribution in [0.5, 0.6) is 23.0 Å². The fourth-order valence-electron chi connectivity index (χ4n) is 6.06. The fourth-order valence-corrected chi connectivity index (χ4v) is 6.06. The predicted molar refractivity (Wildman–Crippen MR) is 182 cm³/mol. The second-order valence-electron chi connectivity index (χ2n) is 11.8. The molecule has 2 aliphatic heterocycles. The molecule has 0 spiro atoms. The Balaban J connectivity index is 1.32. The number of hydrogen-bond donors (Lipinski definition) is 0. The van der Waals surface area contributed by atoms with E-state index >= 15 is 0 Å². The molecule has 2 amide bonds. The van der Waals surface area contributed by atoms with E-state index in [0.29, 0.717) is 39.9 Å². The minimum atomic E-state index is -0.942. The van der Waals surface area contributed by atoms with Gasteiger partial charge < -0.3 is 38.2 Å². The number of anilines is 2. The normalized spacial score (nSPS) is 16.4. The van der Waals surface area contributed by atoms with E-state index in [4.69, 9.17) is 28.4 Å². The van der Waals surface area contributed by atoms with Crippen molar-refractivity contribution in [2.45, 2.75) is 38.6 Å². The first-order chi connectivity index (χ1) is 24.1. The van der Waals surface area contributed by atoms with E-state index in [1.54, 1.807) is 73.4 Å². The van der Waals surface area contributed by atoms with Crippen molar-refractivity contribution in [3.05, 3.63) is 107 Å². The van der Waals surface area contributed by atoms with Crippen LogP contribution in [0.15, 0.2) is 78.9 Å². The molecule has 0 N–H and O–H groups in total. The summed E-state index contributed by atoms with van der Waals surface area (Å²) in [5.74, 6) is 0.443. The number of hydrogen-bond acceptors (Lipinski definition) is 10. The number of rotatable bonds is 10. The van der Waals surface area contributed by atoms with Gasteiger partial charge in [0.2, 0.25) is 0 Å². The van der Waals surface area contributed by atoms with Crippen LogP contribution in [0.25, 0.3) is 0 Å². The largest absolute Gasteiger partial charge is 0.497 e. The van der Waals surface area contributed by atoms with Gasteiger partial charge in [0.05, 0.1) is 64.0 Å². The molecule has 2 atom stereocenters. The summed E-state index contributed by atoms with van der Waals surface area (Å²) >= 11 is 0. The summed E-state index contributed by atoms with van der Waals surface area (Å²) in [4.78, 5) is 55.4. The van der Waals surface area contributed by atoms with Crippen LogP contribution in [0.2, 0.25) is 0 Å². The van der Waals surface area contributed by atoms with Gasteiger partial charge in [-0.25, -0.2) is 9.59 Å². The summed E-state index contributed by atoms with van der Waals surface area (Å²) in [5.41, 5.74) is 3.71. The van der Waals surface area contributed by atoms with E-state index in [0.717, 1.165) is 11.1 Å². The van der Waals surface area contributed by atoms with E-state index in [9.17, 15) is 19.2 Å². The van der Waals surface area contributed by atoms with Crippen molar-refractivity contribution in [2.24, 2.45) is 0 Å². The first kappa shape index (κ1) is 33.8. The molecule has 0 unspecified atom stereocenters. The first-order valence-corrected chi connectivity index (χ1v) is 15.8. The Bertz CT molecular complexity index is 1960. The summed E-state index contributed by atoms with van der Waals surface area (Å²) in [6.45, 7) is 2.03. The highest BCUT2D eigenvalue weighted by Gasteiger charge is 2.37. The maximum atomic E-state index is 14.2. The van der Waals surface area contributed by atoms with Gasteiger partial charge in [-0.1, -0.05) is 24.3 Å². The van der Waals surface area contributed by atoms with Crippen molar-refractivity contribution in [2.75, 3.05) is 38.2 Å². The number of benzene rings is 4. The lowest BCUT2D eigenvalue weighted by molar-refractivity contribution is -0.126. The van der Waals surface area contributed by atoms with Gasteiger partial charge in [0.25, 0.3) is 11.8 Å². The highest BCUT2D eigenvalue weighted by atomic mass is 16.5. The van der Waals surface area contributed by atoms with E-state index < -0.39 is 24.1 Å². The number of carbonyl (C=O) groups excluding carboxylic acids is 4. The molecule has 2 aliphatic rings. The summed E-state index contributed by atoms with van der Waals surface area (Å²) in [6, 6.07) is 22.5. The summed E-state index contributed by atoms with van der Waals surface area (Å²) in [5, 5.41) is 0. The molecule has 0 radical (unpaired) electrons. The maximum absolute atomic E-state index is 14.2. The van der Waals surface area contributed by atoms with Gasteiger partial charge in [-0.05, 0) is 78.2 Å². The molecule has 258 valence electrons. The molecule has 12 heteroatoms. The molecule has 0 bridgehead atoms. The minimum absolute atomic E-state index is 0.143. The molecule has 0 fully saturated rings. The Labute approximate surface area is 289 Å².